The van der Waals surface area contributed by atoms with Crippen molar-refractivity contribution in [3.8, 4) is 5.75 Å². The highest BCUT2D eigenvalue weighted by Gasteiger charge is 2.25. The molecule has 0 radical (unpaired) electrons. The molecule has 0 spiro atoms. The van der Waals surface area contributed by atoms with Crippen LogP contribution >= 0.6 is 0 Å². The van der Waals surface area contributed by atoms with E-state index < -0.39 is 28.4 Å². The molecule has 0 unspecified atom stereocenters. The molecule has 9 heteroatoms. The standard InChI is InChI=1S/C13H18N2O6S/c1-14(2)13(18)10-7-9(5-6-11(10)21-4)22(19,20)15(3)8-12(16)17/h5-7H,8H2,1-4H3,(H,16,17). The zero-order chi connectivity index (χ0) is 17.1. The van der Waals surface area contributed by atoms with Crippen molar-refractivity contribution in [3.05, 3.63) is 23.8 Å². The van der Waals surface area contributed by atoms with Gasteiger partial charge in [0.25, 0.3) is 5.91 Å². The van der Waals surface area contributed by atoms with Crippen LogP contribution in [0.2, 0.25) is 0 Å². The average Bonchev–Trinajstić information content (AvgIpc) is 2.44. The number of hydrogen-bond donors (Lipinski definition) is 1. The molecule has 1 amide bonds. The molecule has 0 atom stereocenters. The second kappa shape index (κ2) is 6.75. The first-order valence-corrected chi connectivity index (χ1v) is 7.63. The van der Waals surface area contributed by atoms with Gasteiger partial charge in [0.15, 0.2) is 0 Å². The zero-order valence-corrected chi connectivity index (χ0v) is 13.5. The molecule has 0 saturated carbocycles. The van der Waals surface area contributed by atoms with E-state index in [2.05, 4.69) is 0 Å². The van der Waals surface area contributed by atoms with Crippen molar-refractivity contribution >= 4 is 21.9 Å². The molecule has 22 heavy (non-hydrogen) atoms. The lowest BCUT2D eigenvalue weighted by molar-refractivity contribution is -0.137. The fourth-order valence-corrected chi connectivity index (χ4v) is 2.86. The molecule has 1 rings (SSSR count). The van der Waals surface area contributed by atoms with Crippen molar-refractivity contribution in [2.75, 3.05) is 34.8 Å². The summed E-state index contributed by atoms with van der Waals surface area (Å²) in [7, 11) is 1.56. The Labute approximate surface area is 128 Å². The van der Waals surface area contributed by atoms with E-state index in [1.165, 1.54) is 44.3 Å². The summed E-state index contributed by atoms with van der Waals surface area (Å²) in [6, 6.07) is 3.80. The van der Waals surface area contributed by atoms with Crippen LogP contribution in [-0.4, -0.2) is 69.4 Å². The highest BCUT2D eigenvalue weighted by molar-refractivity contribution is 7.89. The molecule has 0 saturated heterocycles. The third kappa shape index (κ3) is 3.74. The number of carboxylic acids is 1. The monoisotopic (exact) mass is 330 g/mol. The van der Waals surface area contributed by atoms with E-state index in [4.69, 9.17) is 9.84 Å². The second-order valence-corrected chi connectivity index (χ2v) is 6.76. The van der Waals surface area contributed by atoms with Gasteiger partial charge in [-0.25, -0.2) is 8.42 Å². The van der Waals surface area contributed by atoms with Gasteiger partial charge in [-0.3, -0.25) is 9.59 Å². The summed E-state index contributed by atoms with van der Waals surface area (Å²) in [6.45, 7) is -0.675. The number of rotatable bonds is 6. The maximum Gasteiger partial charge on any atom is 0.318 e. The van der Waals surface area contributed by atoms with Crippen molar-refractivity contribution < 1.29 is 27.9 Å². The fraction of sp³-hybridized carbons (Fsp3) is 0.385. The van der Waals surface area contributed by atoms with Crippen molar-refractivity contribution in [1.29, 1.82) is 0 Å². The number of ether oxygens (including phenoxy) is 1. The fourth-order valence-electron chi connectivity index (χ4n) is 1.71. The number of methoxy groups -OCH3 is 1. The van der Waals surface area contributed by atoms with E-state index in [0.29, 0.717) is 4.31 Å². The van der Waals surface area contributed by atoms with Crippen LogP contribution in [0.25, 0.3) is 0 Å². The van der Waals surface area contributed by atoms with Gasteiger partial charge in [-0.15, -0.1) is 0 Å². The molecule has 0 bridgehead atoms. The predicted molar refractivity (Wildman–Crippen MR) is 78.5 cm³/mol. The summed E-state index contributed by atoms with van der Waals surface area (Å²) < 4.78 is 30.4. The summed E-state index contributed by atoms with van der Waals surface area (Å²) >= 11 is 0. The lowest BCUT2D eigenvalue weighted by atomic mass is 10.2. The first kappa shape index (κ1) is 17.9. The zero-order valence-electron chi connectivity index (χ0n) is 12.7. The number of carbonyl (C=O) groups excluding carboxylic acids is 1. The van der Waals surface area contributed by atoms with Gasteiger partial charge >= 0.3 is 5.97 Å². The van der Waals surface area contributed by atoms with Gasteiger partial charge in [0, 0.05) is 21.1 Å². The van der Waals surface area contributed by atoms with Crippen molar-refractivity contribution in [2.45, 2.75) is 4.90 Å². The largest absolute Gasteiger partial charge is 0.496 e. The van der Waals surface area contributed by atoms with Gasteiger partial charge in [0.2, 0.25) is 10.0 Å². The lowest BCUT2D eigenvalue weighted by Gasteiger charge is -2.18. The summed E-state index contributed by atoms with van der Waals surface area (Å²) in [5, 5.41) is 8.71. The number of likely N-dealkylation sites (N-methyl/N-ethyl adjacent to an activating group) is 1. The summed E-state index contributed by atoms with van der Waals surface area (Å²) in [5.74, 6) is -1.46. The molecule has 0 heterocycles. The number of carbonyl (C=O) groups is 2. The second-order valence-electron chi connectivity index (χ2n) is 4.72. The molecule has 8 nitrogen and oxygen atoms in total. The molecule has 0 aliphatic carbocycles. The number of amides is 1. The van der Waals surface area contributed by atoms with E-state index in [0.717, 1.165) is 7.05 Å². The van der Waals surface area contributed by atoms with Crippen LogP contribution < -0.4 is 4.74 Å². The minimum Gasteiger partial charge on any atom is -0.496 e. The SMILES string of the molecule is COc1ccc(S(=O)(=O)N(C)CC(=O)O)cc1C(=O)N(C)C. The number of sulfonamides is 1. The van der Waals surface area contributed by atoms with Crippen molar-refractivity contribution in [2.24, 2.45) is 0 Å². The topological polar surface area (TPSA) is 104 Å². The van der Waals surface area contributed by atoms with E-state index in [9.17, 15) is 18.0 Å². The van der Waals surface area contributed by atoms with Crippen LogP contribution in [0.3, 0.4) is 0 Å². The van der Waals surface area contributed by atoms with Gasteiger partial charge < -0.3 is 14.7 Å². The van der Waals surface area contributed by atoms with Crippen molar-refractivity contribution in [3.63, 3.8) is 0 Å². The van der Waals surface area contributed by atoms with Gasteiger partial charge in [-0.2, -0.15) is 4.31 Å². The first-order valence-electron chi connectivity index (χ1n) is 6.19. The van der Waals surface area contributed by atoms with Gasteiger partial charge in [0.1, 0.15) is 12.3 Å². The smallest absolute Gasteiger partial charge is 0.318 e. The summed E-state index contributed by atoms with van der Waals surface area (Å²) in [6.07, 6.45) is 0. The Balaban J connectivity index is 3.35. The molecule has 0 fully saturated rings. The highest BCUT2D eigenvalue weighted by atomic mass is 32.2. The summed E-state index contributed by atoms with van der Waals surface area (Å²) in [4.78, 5) is 23.9. The Morgan fingerprint density at radius 1 is 1.23 bits per heavy atom. The van der Waals surface area contributed by atoms with Crippen LogP contribution in [0.4, 0.5) is 0 Å². The Morgan fingerprint density at radius 2 is 1.82 bits per heavy atom. The van der Waals surface area contributed by atoms with Crippen LogP contribution in [0.1, 0.15) is 10.4 Å². The number of aliphatic carboxylic acids is 1. The number of nitrogens with zero attached hydrogens (tertiary/aromatic N) is 2. The quantitative estimate of drug-likeness (QED) is 0.793. The van der Waals surface area contributed by atoms with Crippen molar-refractivity contribution in [1.82, 2.24) is 9.21 Å². The maximum absolute atomic E-state index is 12.3. The third-order valence-corrected chi connectivity index (χ3v) is 4.67. The number of hydrogen-bond acceptors (Lipinski definition) is 5. The molecule has 122 valence electrons. The number of carboxylic acid groups (broad SMARTS) is 1. The van der Waals surface area contributed by atoms with Gasteiger partial charge in [-0.05, 0) is 18.2 Å². The van der Waals surface area contributed by atoms with Gasteiger partial charge in [-0.1, -0.05) is 0 Å². The van der Waals surface area contributed by atoms with E-state index in [1.54, 1.807) is 0 Å². The van der Waals surface area contributed by atoms with E-state index in [-0.39, 0.29) is 16.2 Å². The molecule has 0 aromatic heterocycles. The molecule has 0 aliphatic heterocycles. The molecule has 1 N–H and O–H groups in total. The van der Waals surface area contributed by atoms with E-state index >= 15 is 0 Å². The Morgan fingerprint density at radius 3 is 2.27 bits per heavy atom. The summed E-state index contributed by atoms with van der Waals surface area (Å²) in [5.41, 5.74) is 0.0808. The van der Waals surface area contributed by atoms with Crippen LogP contribution in [0, 0.1) is 0 Å². The van der Waals surface area contributed by atoms with Crippen LogP contribution in [-0.2, 0) is 14.8 Å². The molecular formula is C13H18N2O6S. The highest BCUT2D eigenvalue weighted by Crippen LogP contribution is 2.25. The molecule has 1 aromatic carbocycles. The Bertz CT molecular complexity index is 684. The average molecular weight is 330 g/mol. The van der Waals surface area contributed by atoms with Crippen LogP contribution in [0.15, 0.2) is 23.1 Å². The predicted octanol–water partition coefficient (Wildman–Crippen LogP) is 0.102. The minimum atomic E-state index is -4.01. The number of benzene rings is 1. The van der Waals surface area contributed by atoms with E-state index in [1.807, 2.05) is 0 Å². The minimum absolute atomic E-state index is 0.0808. The molecule has 1 aromatic rings. The van der Waals surface area contributed by atoms with Gasteiger partial charge in [0.05, 0.1) is 17.6 Å². The maximum atomic E-state index is 12.3. The Kier molecular flexibility index (Phi) is 5.50. The Hall–Kier alpha value is -2.13. The normalized spacial score (nSPS) is 11.3. The lowest BCUT2D eigenvalue weighted by Crippen LogP contribution is -2.32. The van der Waals surface area contributed by atoms with Crippen LogP contribution in [0.5, 0.6) is 5.75 Å². The third-order valence-electron chi connectivity index (χ3n) is 2.87. The molecular weight excluding hydrogens is 312 g/mol. The first-order chi connectivity index (χ1) is 10.1. The molecule has 0 aliphatic rings.